The van der Waals surface area contributed by atoms with Gasteiger partial charge >= 0.3 is 0 Å². The van der Waals surface area contributed by atoms with Crippen molar-refractivity contribution in [1.82, 2.24) is 20.4 Å². The minimum atomic E-state index is -0.243. The first-order valence-corrected chi connectivity index (χ1v) is 9.24. The SMILES string of the molecule is Cc1ccc(CNC(=O)COc2nc(C)nc3onc(-c4ccccc4)c23)cc1. The average Bonchev–Trinajstić information content (AvgIpc) is 3.16. The molecule has 1 N–H and O–H groups in total. The lowest BCUT2D eigenvalue weighted by Gasteiger charge is -2.09. The van der Waals surface area contributed by atoms with E-state index in [0.29, 0.717) is 29.2 Å². The summed E-state index contributed by atoms with van der Waals surface area (Å²) in [6.07, 6.45) is 0. The molecular weight excluding hydrogens is 368 g/mol. The number of nitrogens with zero attached hydrogens (tertiary/aromatic N) is 3. The third kappa shape index (κ3) is 4.24. The van der Waals surface area contributed by atoms with Gasteiger partial charge in [-0.1, -0.05) is 65.3 Å². The number of amides is 1. The number of rotatable bonds is 6. The van der Waals surface area contributed by atoms with Crippen molar-refractivity contribution in [2.75, 3.05) is 6.61 Å². The Hall–Kier alpha value is -3.74. The van der Waals surface area contributed by atoms with Gasteiger partial charge < -0.3 is 14.6 Å². The molecule has 146 valence electrons. The Kier molecular flexibility index (Phi) is 5.20. The van der Waals surface area contributed by atoms with Crippen molar-refractivity contribution in [3.63, 3.8) is 0 Å². The molecule has 0 aliphatic heterocycles. The maximum atomic E-state index is 12.3. The van der Waals surface area contributed by atoms with Crippen LogP contribution in [0, 0.1) is 13.8 Å². The van der Waals surface area contributed by atoms with Gasteiger partial charge in [0.1, 0.15) is 16.9 Å². The lowest BCUT2D eigenvalue weighted by Crippen LogP contribution is -2.28. The molecule has 4 aromatic rings. The molecule has 0 saturated heterocycles. The molecule has 0 spiro atoms. The molecule has 0 unspecified atom stereocenters. The van der Waals surface area contributed by atoms with Crippen LogP contribution >= 0.6 is 0 Å². The standard InChI is InChI=1S/C22H20N4O3/c1-14-8-10-16(11-9-14)12-23-18(27)13-28-21-19-20(17-6-4-3-5-7-17)26-29-22(19)25-15(2)24-21/h3-11H,12-13H2,1-2H3,(H,23,27). The molecule has 7 heteroatoms. The van der Waals surface area contributed by atoms with Gasteiger partial charge in [0.15, 0.2) is 6.61 Å². The predicted octanol–water partition coefficient (Wildman–Crippen LogP) is 3.60. The third-order valence-corrected chi connectivity index (χ3v) is 4.41. The number of nitrogens with one attached hydrogen (secondary N) is 1. The van der Waals surface area contributed by atoms with Crippen molar-refractivity contribution in [2.45, 2.75) is 20.4 Å². The predicted molar refractivity (Wildman–Crippen MR) is 108 cm³/mol. The largest absolute Gasteiger partial charge is 0.467 e. The molecule has 2 aromatic carbocycles. The first kappa shape index (κ1) is 18.6. The van der Waals surface area contributed by atoms with Crippen LogP contribution in [0.3, 0.4) is 0 Å². The van der Waals surface area contributed by atoms with Crippen LogP contribution in [0.25, 0.3) is 22.4 Å². The molecule has 0 atom stereocenters. The first-order valence-electron chi connectivity index (χ1n) is 9.24. The monoisotopic (exact) mass is 388 g/mol. The maximum absolute atomic E-state index is 12.3. The third-order valence-electron chi connectivity index (χ3n) is 4.41. The number of ether oxygens (including phenoxy) is 1. The summed E-state index contributed by atoms with van der Waals surface area (Å²) in [6.45, 7) is 4.02. The lowest BCUT2D eigenvalue weighted by atomic mass is 10.1. The minimum Gasteiger partial charge on any atom is -0.467 e. The van der Waals surface area contributed by atoms with Gasteiger partial charge in [-0.2, -0.15) is 9.97 Å². The molecule has 0 saturated carbocycles. The van der Waals surface area contributed by atoms with E-state index in [-0.39, 0.29) is 18.4 Å². The molecule has 2 heterocycles. The van der Waals surface area contributed by atoms with E-state index in [4.69, 9.17) is 9.26 Å². The number of aromatic nitrogens is 3. The minimum absolute atomic E-state index is 0.170. The summed E-state index contributed by atoms with van der Waals surface area (Å²) in [5.74, 6) is 0.508. The van der Waals surface area contributed by atoms with Gasteiger partial charge in [0.05, 0.1) is 0 Å². The van der Waals surface area contributed by atoms with Crippen LogP contribution in [0.4, 0.5) is 0 Å². The molecule has 0 radical (unpaired) electrons. The zero-order valence-electron chi connectivity index (χ0n) is 16.2. The molecule has 7 nitrogen and oxygen atoms in total. The van der Waals surface area contributed by atoms with Gasteiger partial charge in [-0.3, -0.25) is 4.79 Å². The Morgan fingerprint density at radius 1 is 1.03 bits per heavy atom. The molecule has 4 rings (SSSR count). The normalized spacial score (nSPS) is 10.8. The second-order valence-electron chi connectivity index (χ2n) is 6.70. The van der Waals surface area contributed by atoms with Crippen LogP contribution in [-0.4, -0.2) is 27.6 Å². The fourth-order valence-electron chi connectivity index (χ4n) is 2.91. The number of hydrogen-bond acceptors (Lipinski definition) is 6. The molecule has 0 aliphatic rings. The van der Waals surface area contributed by atoms with Crippen LogP contribution in [0.2, 0.25) is 0 Å². The Balaban J connectivity index is 1.50. The Labute approximate surface area is 167 Å². The topological polar surface area (TPSA) is 90.1 Å². The molecular formula is C22H20N4O3. The van der Waals surface area contributed by atoms with Gasteiger partial charge in [0, 0.05) is 12.1 Å². The van der Waals surface area contributed by atoms with E-state index < -0.39 is 0 Å². The molecule has 0 aliphatic carbocycles. The average molecular weight is 388 g/mol. The van der Waals surface area contributed by atoms with E-state index in [9.17, 15) is 4.79 Å². The summed E-state index contributed by atoms with van der Waals surface area (Å²) in [6, 6.07) is 17.5. The maximum Gasteiger partial charge on any atom is 0.265 e. The van der Waals surface area contributed by atoms with Crippen molar-refractivity contribution in [3.8, 4) is 17.1 Å². The summed E-state index contributed by atoms with van der Waals surface area (Å²) >= 11 is 0. The fraction of sp³-hybridized carbons (Fsp3) is 0.182. The Morgan fingerprint density at radius 2 is 1.79 bits per heavy atom. The van der Waals surface area contributed by atoms with E-state index in [2.05, 4.69) is 20.4 Å². The molecule has 2 aromatic heterocycles. The number of benzene rings is 2. The van der Waals surface area contributed by atoms with Crippen LogP contribution in [0.5, 0.6) is 5.88 Å². The highest BCUT2D eigenvalue weighted by molar-refractivity contribution is 5.93. The second-order valence-corrected chi connectivity index (χ2v) is 6.70. The van der Waals surface area contributed by atoms with Crippen molar-refractivity contribution < 1.29 is 14.1 Å². The van der Waals surface area contributed by atoms with E-state index in [0.717, 1.165) is 11.1 Å². The number of carbonyl (C=O) groups is 1. The van der Waals surface area contributed by atoms with Gasteiger partial charge in [0.2, 0.25) is 5.88 Å². The van der Waals surface area contributed by atoms with Gasteiger partial charge in [-0.25, -0.2) is 0 Å². The van der Waals surface area contributed by atoms with Crippen LogP contribution in [0.15, 0.2) is 59.1 Å². The van der Waals surface area contributed by atoms with E-state index in [1.807, 2.05) is 61.5 Å². The van der Waals surface area contributed by atoms with Gasteiger partial charge in [-0.05, 0) is 19.4 Å². The first-order chi connectivity index (χ1) is 14.1. The quantitative estimate of drug-likeness (QED) is 0.543. The Bertz CT molecular complexity index is 1140. The number of aryl methyl sites for hydroxylation is 2. The summed E-state index contributed by atoms with van der Waals surface area (Å²) in [7, 11) is 0. The highest BCUT2D eigenvalue weighted by Gasteiger charge is 2.19. The number of hydrogen-bond donors (Lipinski definition) is 1. The Morgan fingerprint density at radius 3 is 2.55 bits per heavy atom. The highest BCUT2D eigenvalue weighted by Crippen LogP contribution is 2.32. The molecule has 0 bridgehead atoms. The second kappa shape index (κ2) is 8.10. The van der Waals surface area contributed by atoms with Gasteiger partial charge in [0.25, 0.3) is 11.6 Å². The van der Waals surface area contributed by atoms with Crippen molar-refractivity contribution >= 4 is 17.0 Å². The van der Waals surface area contributed by atoms with E-state index >= 15 is 0 Å². The van der Waals surface area contributed by atoms with Gasteiger partial charge in [-0.15, -0.1) is 0 Å². The van der Waals surface area contributed by atoms with Crippen molar-refractivity contribution in [1.29, 1.82) is 0 Å². The number of fused-ring (bicyclic) bond motifs is 1. The van der Waals surface area contributed by atoms with Crippen LogP contribution < -0.4 is 10.1 Å². The van der Waals surface area contributed by atoms with Crippen molar-refractivity contribution in [3.05, 3.63) is 71.5 Å². The van der Waals surface area contributed by atoms with Crippen molar-refractivity contribution in [2.24, 2.45) is 0 Å². The molecule has 1 amide bonds. The summed E-state index contributed by atoms with van der Waals surface area (Å²) < 4.78 is 11.1. The molecule has 29 heavy (non-hydrogen) atoms. The highest BCUT2D eigenvalue weighted by atomic mass is 16.5. The van der Waals surface area contributed by atoms with Crippen LogP contribution in [-0.2, 0) is 11.3 Å². The fourth-order valence-corrected chi connectivity index (χ4v) is 2.91. The molecule has 0 fully saturated rings. The smallest absolute Gasteiger partial charge is 0.265 e. The van der Waals surface area contributed by atoms with Crippen LogP contribution in [0.1, 0.15) is 17.0 Å². The zero-order chi connectivity index (χ0) is 20.2. The summed E-state index contributed by atoms with van der Waals surface area (Å²) in [5, 5.41) is 7.51. The summed E-state index contributed by atoms with van der Waals surface area (Å²) in [4.78, 5) is 20.9. The number of carbonyl (C=O) groups excluding carboxylic acids is 1. The zero-order valence-corrected chi connectivity index (χ0v) is 16.2. The van der Waals surface area contributed by atoms with E-state index in [1.54, 1.807) is 6.92 Å². The lowest BCUT2D eigenvalue weighted by molar-refractivity contribution is -0.123. The van der Waals surface area contributed by atoms with E-state index in [1.165, 1.54) is 5.56 Å². The summed E-state index contributed by atoms with van der Waals surface area (Å²) in [5.41, 5.74) is 3.96.